The molecule has 2 aromatic rings. The van der Waals surface area contributed by atoms with E-state index in [1.165, 1.54) is 11.3 Å². The molecule has 0 radical (unpaired) electrons. The number of nitro groups is 1. The zero-order chi connectivity index (χ0) is 21.5. The molecule has 0 bridgehead atoms. The summed E-state index contributed by atoms with van der Waals surface area (Å²) in [6.45, 7) is 6.18. The zero-order valence-electron chi connectivity index (χ0n) is 17.9. The normalized spacial score (nSPS) is 22.8. The molecule has 0 unspecified atom stereocenters. The van der Waals surface area contributed by atoms with E-state index in [0.717, 1.165) is 56.8 Å². The number of anilines is 2. The van der Waals surface area contributed by atoms with Crippen molar-refractivity contribution in [3.8, 4) is 0 Å². The third-order valence-electron chi connectivity index (χ3n) is 7.04. The molecule has 1 amide bonds. The summed E-state index contributed by atoms with van der Waals surface area (Å²) in [5, 5.41) is 11.3. The number of hydrogen-bond donors (Lipinski definition) is 0. The number of non-ortho nitro benzene ring substituents is 1. The van der Waals surface area contributed by atoms with Crippen LogP contribution in [0.1, 0.15) is 24.0 Å². The molecule has 162 valence electrons. The molecule has 0 spiro atoms. The summed E-state index contributed by atoms with van der Waals surface area (Å²) in [6, 6.07) is 13.8. The van der Waals surface area contributed by atoms with Gasteiger partial charge in [0.15, 0.2) is 0 Å². The molecule has 3 heterocycles. The molecule has 5 rings (SSSR count). The summed E-state index contributed by atoms with van der Waals surface area (Å²) in [4.78, 5) is 31.2. The molecule has 0 aromatic heterocycles. The van der Waals surface area contributed by atoms with Gasteiger partial charge in [0.2, 0.25) is 5.91 Å². The number of likely N-dealkylation sites (tertiary alicyclic amines) is 1. The first-order valence-corrected chi connectivity index (χ1v) is 11.2. The molecule has 2 saturated heterocycles. The Hall–Kier alpha value is -3.09. The van der Waals surface area contributed by atoms with Gasteiger partial charge in [-0.25, -0.2) is 0 Å². The highest BCUT2D eigenvalue weighted by atomic mass is 16.6. The lowest BCUT2D eigenvalue weighted by Crippen LogP contribution is -2.61. The summed E-state index contributed by atoms with van der Waals surface area (Å²) >= 11 is 0. The second-order valence-electron chi connectivity index (χ2n) is 8.96. The molecule has 2 fully saturated rings. The van der Waals surface area contributed by atoms with Gasteiger partial charge in [0.1, 0.15) is 0 Å². The number of carbonyl (C=O) groups is 1. The van der Waals surface area contributed by atoms with E-state index in [0.29, 0.717) is 6.42 Å². The van der Waals surface area contributed by atoms with Crippen LogP contribution in [-0.2, 0) is 11.2 Å². The maximum absolute atomic E-state index is 13.5. The Morgan fingerprint density at radius 1 is 1.03 bits per heavy atom. The lowest BCUT2D eigenvalue weighted by atomic mass is 9.82. The van der Waals surface area contributed by atoms with Crippen molar-refractivity contribution < 1.29 is 9.72 Å². The van der Waals surface area contributed by atoms with E-state index in [1.807, 2.05) is 11.0 Å². The topological polar surface area (TPSA) is 69.9 Å². The highest BCUT2D eigenvalue weighted by Crippen LogP contribution is 2.39. The van der Waals surface area contributed by atoms with Crippen LogP contribution in [0, 0.1) is 23.0 Å². The monoisotopic (exact) mass is 420 g/mol. The molecule has 3 aliphatic heterocycles. The van der Waals surface area contributed by atoms with Gasteiger partial charge >= 0.3 is 0 Å². The molecule has 7 nitrogen and oxygen atoms in total. The average Bonchev–Trinajstić information content (AvgIpc) is 3.33. The Morgan fingerprint density at radius 3 is 2.48 bits per heavy atom. The Labute approximate surface area is 182 Å². The van der Waals surface area contributed by atoms with Gasteiger partial charge < -0.3 is 14.7 Å². The molecule has 0 saturated carbocycles. The number of fused-ring (bicyclic) bond motifs is 3. The Bertz CT molecular complexity index is 1000. The third kappa shape index (κ3) is 3.62. The molecular weight excluding hydrogens is 392 g/mol. The van der Waals surface area contributed by atoms with Crippen molar-refractivity contribution >= 4 is 23.0 Å². The SMILES string of the molecule is Cc1ccc(N2CCN3c4ccc([N+](=O)[O-])cc4C[C@@H](C(=O)N4CCCC4)[C@@H]3C2)cc1. The predicted octanol–water partition coefficient (Wildman–Crippen LogP) is 3.39. The molecule has 2 aromatic carbocycles. The number of benzene rings is 2. The lowest BCUT2D eigenvalue weighted by Gasteiger charge is -2.50. The molecule has 3 aliphatic rings. The van der Waals surface area contributed by atoms with E-state index in [2.05, 4.69) is 41.0 Å². The van der Waals surface area contributed by atoms with Crippen molar-refractivity contribution in [1.82, 2.24) is 4.90 Å². The number of amides is 1. The highest BCUT2D eigenvalue weighted by Gasteiger charge is 2.43. The zero-order valence-corrected chi connectivity index (χ0v) is 17.9. The van der Waals surface area contributed by atoms with Crippen molar-refractivity contribution in [3.63, 3.8) is 0 Å². The molecular formula is C24H28N4O3. The maximum Gasteiger partial charge on any atom is 0.269 e. The maximum atomic E-state index is 13.5. The number of carbonyl (C=O) groups excluding carboxylic acids is 1. The first kappa shape index (κ1) is 19.8. The Morgan fingerprint density at radius 2 is 1.77 bits per heavy atom. The number of nitro benzene ring substituents is 1. The first-order valence-electron chi connectivity index (χ1n) is 11.2. The molecule has 0 aliphatic carbocycles. The second kappa shape index (κ2) is 7.87. The van der Waals surface area contributed by atoms with Crippen LogP contribution >= 0.6 is 0 Å². The molecule has 0 N–H and O–H groups in total. The van der Waals surface area contributed by atoms with Crippen LogP contribution in [0.3, 0.4) is 0 Å². The number of hydrogen-bond acceptors (Lipinski definition) is 5. The van der Waals surface area contributed by atoms with Crippen molar-refractivity contribution in [2.75, 3.05) is 42.5 Å². The van der Waals surface area contributed by atoms with Crippen LogP contribution in [0.5, 0.6) is 0 Å². The molecule has 2 atom stereocenters. The van der Waals surface area contributed by atoms with E-state index in [4.69, 9.17) is 0 Å². The lowest BCUT2D eigenvalue weighted by molar-refractivity contribution is -0.384. The number of nitrogens with zero attached hydrogens (tertiary/aromatic N) is 4. The van der Waals surface area contributed by atoms with Gasteiger partial charge in [-0.1, -0.05) is 17.7 Å². The van der Waals surface area contributed by atoms with Gasteiger partial charge in [0.05, 0.1) is 16.9 Å². The standard InChI is InChI=1S/C24H28N4O3/c1-17-4-6-19(7-5-17)26-12-13-27-22-9-8-20(28(30)31)14-18(22)15-21(23(27)16-26)24(29)25-10-2-3-11-25/h4-9,14,21,23H,2-3,10-13,15-16H2,1H3/t21-,23+/m1/s1. The van der Waals surface area contributed by atoms with Crippen LogP contribution in [0.25, 0.3) is 0 Å². The van der Waals surface area contributed by atoms with Crippen LogP contribution in [-0.4, -0.2) is 54.5 Å². The van der Waals surface area contributed by atoms with E-state index >= 15 is 0 Å². The van der Waals surface area contributed by atoms with Crippen LogP contribution < -0.4 is 9.80 Å². The third-order valence-corrected chi connectivity index (χ3v) is 7.04. The quantitative estimate of drug-likeness (QED) is 0.562. The average molecular weight is 421 g/mol. The van der Waals surface area contributed by atoms with Crippen molar-refractivity contribution in [2.45, 2.75) is 32.2 Å². The Balaban J connectivity index is 1.49. The molecule has 7 heteroatoms. The molecule has 31 heavy (non-hydrogen) atoms. The fraction of sp³-hybridized carbons (Fsp3) is 0.458. The van der Waals surface area contributed by atoms with Gasteiger partial charge in [-0.05, 0) is 49.9 Å². The van der Waals surface area contributed by atoms with Crippen molar-refractivity contribution in [1.29, 1.82) is 0 Å². The van der Waals surface area contributed by atoms with Crippen LogP contribution in [0.2, 0.25) is 0 Å². The first-order chi connectivity index (χ1) is 15.0. The highest BCUT2D eigenvalue weighted by molar-refractivity contribution is 5.83. The van der Waals surface area contributed by atoms with E-state index in [9.17, 15) is 14.9 Å². The summed E-state index contributed by atoms with van der Waals surface area (Å²) in [5.74, 6) is 0.0243. The van der Waals surface area contributed by atoms with Crippen molar-refractivity contribution in [2.24, 2.45) is 5.92 Å². The fourth-order valence-electron chi connectivity index (χ4n) is 5.37. The minimum atomic E-state index is -0.348. The van der Waals surface area contributed by atoms with E-state index in [-0.39, 0.29) is 28.5 Å². The minimum absolute atomic E-state index is 0.0668. The second-order valence-corrected chi connectivity index (χ2v) is 8.96. The van der Waals surface area contributed by atoms with Gasteiger partial charge in [-0.2, -0.15) is 0 Å². The van der Waals surface area contributed by atoms with Gasteiger partial charge in [0, 0.05) is 56.2 Å². The largest absolute Gasteiger partial charge is 0.368 e. The van der Waals surface area contributed by atoms with E-state index in [1.54, 1.807) is 12.1 Å². The number of aryl methyl sites for hydroxylation is 1. The summed E-state index contributed by atoms with van der Waals surface area (Å²) < 4.78 is 0. The summed E-state index contributed by atoms with van der Waals surface area (Å²) in [6.07, 6.45) is 2.68. The summed E-state index contributed by atoms with van der Waals surface area (Å²) in [5.41, 5.74) is 4.49. The van der Waals surface area contributed by atoms with Gasteiger partial charge in [0.25, 0.3) is 5.69 Å². The number of piperazine rings is 1. The van der Waals surface area contributed by atoms with Gasteiger partial charge in [-0.15, -0.1) is 0 Å². The number of rotatable bonds is 3. The van der Waals surface area contributed by atoms with Gasteiger partial charge in [-0.3, -0.25) is 14.9 Å². The smallest absolute Gasteiger partial charge is 0.269 e. The summed E-state index contributed by atoms with van der Waals surface area (Å²) in [7, 11) is 0. The predicted molar refractivity (Wildman–Crippen MR) is 121 cm³/mol. The minimum Gasteiger partial charge on any atom is -0.368 e. The van der Waals surface area contributed by atoms with Crippen LogP contribution in [0.15, 0.2) is 42.5 Å². The van der Waals surface area contributed by atoms with Crippen molar-refractivity contribution in [3.05, 3.63) is 63.7 Å². The Kier molecular flexibility index (Phi) is 5.04. The fourth-order valence-corrected chi connectivity index (χ4v) is 5.37. The van der Waals surface area contributed by atoms with E-state index < -0.39 is 0 Å². The van der Waals surface area contributed by atoms with Crippen LogP contribution in [0.4, 0.5) is 17.1 Å².